The van der Waals surface area contributed by atoms with Crippen molar-refractivity contribution in [3.63, 3.8) is 0 Å². The summed E-state index contributed by atoms with van der Waals surface area (Å²) < 4.78 is 4.61. The smallest absolute Gasteiger partial charge is 0.337 e. The van der Waals surface area contributed by atoms with Crippen LogP contribution in [0.3, 0.4) is 0 Å². The van der Waals surface area contributed by atoms with Gasteiger partial charge in [0.25, 0.3) is 11.8 Å². The number of hydrogen-bond acceptors (Lipinski definition) is 5. The van der Waals surface area contributed by atoms with Gasteiger partial charge in [-0.15, -0.1) is 0 Å². The average Bonchev–Trinajstić information content (AvgIpc) is 2.67. The Morgan fingerprint density at radius 3 is 1.93 bits per heavy atom. The number of carbonyl (C=O) groups excluding carboxylic acids is 3. The van der Waals surface area contributed by atoms with E-state index in [-0.39, 0.29) is 11.0 Å². The Kier molecular flexibility index (Phi) is 6.62. The number of esters is 1. The third-order valence-electron chi connectivity index (χ3n) is 3.59. The highest BCUT2D eigenvalue weighted by Crippen LogP contribution is 2.11. The van der Waals surface area contributed by atoms with Crippen molar-refractivity contribution in [2.75, 3.05) is 26.5 Å². The van der Waals surface area contributed by atoms with Gasteiger partial charge >= 0.3 is 5.97 Å². The Labute approximate surface area is 162 Å². The molecule has 0 unspecified atom stereocenters. The fourth-order valence-corrected chi connectivity index (χ4v) is 2.38. The molecular weight excluding hydrogens is 366 g/mol. The molecule has 7 nitrogen and oxygen atoms in total. The van der Waals surface area contributed by atoms with Gasteiger partial charge in [-0.05, 0) is 60.7 Å². The molecule has 0 bridgehead atoms. The van der Waals surface area contributed by atoms with E-state index in [2.05, 4.69) is 15.4 Å². The first-order chi connectivity index (χ1) is 12.8. The van der Waals surface area contributed by atoms with Crippen LogP contribution >= 0.6 is 12.2 Å². The number of rotatable bonds is 4. The highest BCUT2D eigenvalue weighted by molar-refractivity contribution is 7.80. The number of nitrogens with zero attached hydrogens (tertiary/aromatic N) is 1. The van der Waals surface area contributed by atoms with Gasteiger partial charge in [0.05, 0.1) is 12.7 Å². The van der Waals surface area contributed by atoms with Gasteiger partial charge < -0.3 is 15.0 Å². The van der Waals surface area contributed by atoms with Gasteiger partial charge in [0, 0.05) is 30.9 Å². The van der Waals surface area contributed by atoms with Gasteiger partial charge in [0.1, 0.15) is 0 Å². The lowest BCUT2D eigenvalue weighted by atomic mass is 10.1. The zero-order chi connectivity index (χ0) is 20.0. The lowest BCUT2D eigenvalue weighted by Gasteiger charge is -2.12. The normalized spacial score (nSPS) is 9.89. The largest absolute Gasteiger partial charge is 0.465 e. The van der Waals surface area contributed by atoms with Gasteiger partial charge in [-0.25, -0.2) is 4.79 Å². The SMILES string of the molecule is COC(=O)c1ccc(C(=O)NC(=S)Nc2ccc(C(=O)N(C)C)cc2)cc1. The zero-order valence-corrected chi connectivity index (χ0v) is 15.9. The monoisotopic (exact) mass is 385 g/mol. The molecule has 8 heteroatoms. The number of hydrogen-bond donors (Lipinski definition) is 2. The number of carbonyl (C=O) groups is 3. The number of thiocarbonyl (C=S) groups is 1. The molecule has 0 aliphatic rings. The maximum Gasteiger partial charge on any atom is 0.337 e. The second kappa shape index (κ2) is 8.91. The summed E-state index contributed by atoms with van der Waals surface area (Å²) in [7, 11) is 4.64. The average molecular weight is 385 g/mol. The molecule has 0 spiro atoms. The van der Waals surface area contributed by atoms with Crippen LogP contribution < -0.4 is 10.6 Å². The van der Waals surface area contributed by atoms with Crippen LogP contribution in [0.25, 0.3) is 0 Å². The number of nitrogens with one attached hydrogen (secondary N) is 2. The number of anilines is 1. The summed E-state index contributed by atoms with van der Waals surface area (Å²) >= 11 is 5.13. The summed E-state index contributed by atoms with van der Waals surface area (Å²) in [4.78, 5) is 37.0. The van der Waals surface area contributed by atoms with Crippen LogP contribution in [-0.4, -0.2) is 49.0 Å². The molecule has 0 saturated carbocycles. The van der Waals surface area contributed by atoms with E-state index >= 15 is 0 Å². The van der Waals surface area contributed by atoms with Crippen molar-refractivity contribution < 1.29 is 19.1 Å². The van der Waals surface area contributed by atoms with Gasteiger partial charge in [0.15, 0.2) is 5.11 Å². The van der Waals surface area contributed by atoms with Gasteiger partial charge in [-0.2, -0.15) is 0 Å². The Balaban J connectivity index is 1.96. The Morgan fingerprint density at radius 2 is 1.41 bits per heavy atom. The summed E-state index contributed by atoms with van der Waals surface area (Å²) in [5.41, 5.74) is 1.88. The predicted octanol–water partition coefficient (Wildman–Crippen LogP) is 2.30. The fourth-order valence-electron chi connectivity index (χ4n) is 2.17. The minimum Gasteiger partial charge on any atom is -0.465 e. The Morgan fingerprint density at radius 1 is 0.889 bits per heavy atom. The molecule has 0 atom stereocenters. The van der Waals surface area contributed by atoms with Crippen molar-refractivity contribution >= 4 is 40.8 Å². The lowest BCUT2D eigenvalue weighted by Crippen LogP contribution is -2.34. The van der Waals surface area contributed by atoms with Crippen molar-refractivity contribution in [3.05, 3.63) is 65.2 Å². The van der Waals surface area contributed by atoms with Crippen LogP contribution in [0.4, 0.5) is 5.69 Å². The number of methoxy groups -OCH3 is 1. The third-order valence-corrected chi connectivity index (χ3v) is 3.80. The molecule has 27 heavy (non-hydrogen) atoms. The Bertz CT molecular complexity index is 862. The molecule has 0 saturated heterocycles. The lowest BCUT2D eigenvalue weighted by molar-refractivity contribution is 0.0600. The molecular formula is C19H19N3O4S. The van der Waals surface area contributed by atoms with E-state index in [1.165, 1.54) is 36.3 Å². The maximum atomic E-state index is 12.2. The van der Waals surface area contributed by atoms with Gasteiger partial charge in [-0.1, -0.05) is 0 Å². The molecule has 2 aromatic rings. The zero-order valence-electron chi connectivity index (χ0n) is 15.1. The van der Waals surface area contributed by atoms with E-state index in [9.17, 15) is 14.4 Å². The molecule has 0 heterocycles. The number of amides is 2. The minimum absolute atomic E-state index is 0.104. The van der Waals surface area contributed by atoms with Gasteiger partial charge in [0.2, 0.25) is 0 Å². The molecule has 2 amide bonds. The van der Waals surface area contributed by atoms with Crippen LogP contribution in [0, 0.1) is 0 Å². The molecule has 0 fully saturated rings. The summed E-state index contributed by atoms with van der Waals surface area (Å²) in [6.45, 7) is 0. The molecule has 0 aromatic heterocycles. The molecule has 2 N–H and O–H groups in total. The minimum atomic E-state index is -0.477. The number of ether oxygens (including phenoxy) is 1. The first-order valence-corrected chi connectivity index (χ1v) is 8.35. The van der Waals surface area contributed by atoms with E-state index in [4.69, 9.17) is 12.2 Å². The second-order valence-electron chi connectivity index (χ2n) is 5.75. The fraction of sp³-hybridized carbons (Fsp3) is 0.158. The Hall–Kier alpha value is -3.26. The topological polar surface area (TPSA) is 87.7 Å². The molecule has 2 rings (SSSR count). The summed E-state index contributed by atoms with van der Waals surface area (Å²) in [6, 6.07) is 12.7. The second-order valence-corrected chi connectivity index (χ2v) is 6.16. The summed E-state index contributed by atoms with van der Waals surface area (Å²) in [5, 5.41) is 5.54. The van der Waals surface area contributed by atoms with Crippen molar-refractivity contribution in [1.82, 2.24) is 10.2 Å². The van der Waals surface area contributed by atoms with Crippen LogP contribution in [0.5, 0.6) is 0 Å². The molecule has 0 radical (unpaired) electrons. The standard InChI is InChI=1S/C19H19N3O4S/c1-22(2)17(24)13-8-10-15(11-9-13)20-19(27)21-16(23)12-4-6-14(7-5-12)18(25)26-3/h4-11H,1-3H3,(H2,20,21,23,27). The van der Waals surface area contributed by atoms with Crippen LogP contribution in [0.1, 0.15) is 31.1 Å². The summed E-state index contributed by atoms with van der Waals surface area (Å²) in [5.74, 6) is -0.994. The molecule has 0 aliphatic heterocycles. The first kappa shape index (κ1) is 20.1. The van der Waals surface area contributed by atoms with Crippen LogP contribution in [0.15, 0.2) is 48.5 Å². The van der Waals surface area contributed by atoms with E-state index in [1.807, 2.05) is 0 Å². The van der Waals surface area contributed by atoms with E-state index < -0.39 is 11.9 Å². The quantitative estimate of drug-likeness (QED) is 0.620. The molecule has 2 aromatic carbocycles. The van der Waals surface area contributed by atoms with E-state index in [1.54, 1.807) is 38.4 Å². The highest BCUT2D eigenvalue weighted by atomic mass is 32.1. The highest BCUT2D eigenvalue weighted by Gasteiger charge is 2.11. The maximum absolute atomic E-state index is 12.2. The van der Waals surface area contributed by atoms with Gasteiger partial charge in [-0.3, -0.25) is 14.9 Å². The molecule has 140 valence electrons. The van der Waals surface area contributed by atoms with Crippen LogP contribution in [0.2, 0.25) is 0 Å². The summed E-state index contributed by atoms with van der Waals surface area (Å²) in [6.07, 6.45) is 0. The van der Waals surface area contributed by atoms with Crippen molar-refractivity contribution in [2.45, 2.75) is 0 Å². The molecule has 0 aliphatic carbocycles. The van der Waals surface area contributed by atoms with Crippen molar-refractivity contribution in [3.8, 4) is 0 Å². The number of benzene rings is 2. The van der Waals surface area contributed by atoms with E-state index in [0.29, 0.717) is 22.4 Å². The predicted molar refractivity (Wildman–Crippen MR) is 106 cm³/mol. The first-order valence-electron chi connectivity index (χ1n) is 7.94. The van der Waals surface area contributed by atoms with Crippen molar-refractivity contribution in [1.29, 1.82) is 0 Å². The van der Waals surface area contributed by atoms with E-state index in [0.717, 1.165) is 0 Å². The third kappa shape index (κ3) is 5.35. The van der Waals surface area contributed by atoms with Crippen LogP contribution in [-0.2, 0) is 4.74 Å². The van der Waals surface area contributed by atoms with Crippen molar-refractivity contribution in [2.24, 2.45) is 0 Å².